The van der Waals surface area contributed by atoms with E-state index < -0.39 is 11.7 Å². The normalized spacial score (nSPS) is 19.8. The molecule has 1 saturated heterocycles. The molecule has 0 spiro atoms. The zero-order chi connectivity index (χ0) is 13.2. The van der Waals surface area contributed by atoms with Gasteiger partial charge >= 0.3 is 6.18 Å². The van der Waals surface area contributed by atoms with Crippen molar-refractivity contribution < 1.29 is 18.0 Å². The summed E-state index contributed by atoms with van der Waals surface area (Å²) in [5, 5.41) is 2.54. The highest BCUT2D eigenvalue weighted by Crippen LogP contribution is 2.31. The van der Waals surface area contributed by atoms with Crippen LogP contribution in [-0.2, 0) is 11.0 Å². The molecule has 98 valence electrons. The van der Waals surface area contributed by atoms with Crippen LogP contribution in [0.3, 0.4) is 0 Å². The molecule has 0 bridgehead atoms. The minimum absolute atomic E-state index is 0.0930. The highest BCUT2D eigenvalue weighted by molar-refractivity contribution is 7.99. The number of amides is 1. The fraction of sp³-hybridized carbons (Fsp3) is 0.417. The average Bonchev–Trinajstić information content (AvgIpc) is 2.81. The Morgan fingerprint density at radius 1 is 1.39 bits per heavy atom. The predicted molar refractivity (Wildman–Crippen MR) is 65.5 cm³/mol. The Morgan fingerprint density at radius 3 is 2.78 bits per heavy atom. The molecule has 1 heterocycles. The van der Waals surface area contributed by atoms with Gasteiger partial charge in [0.2, 0.25) is 5.91 Å². The van der Waals surface area contributed by atoms with Crippen molar-refractivity contribution in [2.75, 3.05) is 16.8 Å². The van der Waals surface area contributed by atoms with Crippen LogP contribution in [0.5, 0.6) is 0 Å². The van der Waals surface area contributed by atoms with Gasteiger partial charge in [-0.3, -0.25) is 4.79 Å². The fourth-order valence-electron chi connectivity index (χ4n) is 1.76. The quantitative estimate of drug-likeness (QED) is 0.896. The molecule has 18 heavy (non-hydrogen) atoms. The van der Waals surface area contributed by atoms with Gasteiger partial charge in [0.25, 0.3) is 0 Å². The summed E-state index contributed by atoms with van der Waals surface area (Å²) in [6, 6.07) is 4.71. The summed E-state index contributed by atoms with van der Waals surface area (Å²) in [4.78, 5) is 11.8. The van der Waals surface area contributed by atoms with Crippen molar-refractivity contribution in [3.8, 4) is 0 Å². The van der Waals surface area contributed by atoms with Crippen LogP contribution in [0.15, 0.2) is 24.3 Å². The Balaban J connectivity index is 2.07. The van der Waals surface area contributed by atoms with Crippen molar-refractivity contribution in [1.82, 2.24) is 0 Å². The van der Waals surface area contributed by atoms with Gasteiger partial charge in [0.05, 0.1) is 5.56 Å². The number of hydrogen-bond donors (Lipinski definition) is 1. The van der Waals surface area contributed by atoms with E-state index in [1.807, 2.05) is 0 Å². The number of alkyl halides is 3. The van der Waals surface area contributed by atoms with Crippen molar-refractivity contribution in [3.63, 3.8) is 0 Å². The Morgan fingerprint density at radius 2 is 2.17 bits per heavy atom. The van der Waals surface area contributed by atoms with Gasteiger partial charge < -0.3 is 5.32 Å². The van der Waals surface area contributed by atoms with Gasteiger partial charge in [-0.25, -0.2) is 0 Å². The number of benzene rings is 1. The van der Waals surface area contributed by atoms with E-state index in [4.69, 9.17) is 0 Å². The van der Waals surface area contributed by atoms with E-state index in [1.165, 1.54) is 12.1 Å². The predicted octanol–water partition coefficient (Wildman–Crippen LogP) is 3.40. The van der Waals surface area contributed by atoms with Gasteiger partial charge in [0, 0.05) is 17.4 Å². The summed E-state index contributed by atoms with van der Waals surface area (Å²) in [5.74, 6) is 1.38. The highest BCUT2D eigenvalue weighted by Gasteiger charge is 2.30. The van der Waals surface area contributed by atoms with Crippen molar-refractivity contribution in [1.29, 1.82) is 0 Å². The molecule has 0 saturated carbocycles. The van der Waals surface area contributed by atoms with Gasteiger partial charge in [-0.15, -0.1) is 0 Å². The molecule has 0 radical (unpaired) electrons. The van der Waals surface area contributed by atoms with Gasteiger partial charge in [0.1, 0.15) is 0 Å². The molecule has 0 aliphatic carbocycles. The largest absolute Gasteiger partial charge is 0.416 e. The molecule has 1 atom stereocenters. The Kier molecular flexibility index (Phi) is 3.85. The summed E-state index contributed by atoms with van der Waals surface area (Å²) in [6.45, 7) is 0. The molecule has 1 amide bonds. The van der Waals surface area contributed by atoms with E-state index in [9.17, 15) is 18.0 Å². The van der Waals surface area contributed by atoms with Crippen LogP contribution in [-0.4, -0.2) is 17.4 Å². The number of hydrogen-bond acceptors (Lipinski definition) is 2. The number of nitrogens with one attached hydrogen (secondary N) is 1. The van der Waals surface area contributed by atoms with Crippen molar-refractivity contribution >= 4 is 23.4 Å². The molecular formula is C12H12F3NOS. The molecule has 1 aromatic rings. The standard InChI is InChI=1S/C12H12F3NOS/c13-12(14,15)9-2-1-3-10(6-9)16-11(17)8-4-5-18-7-8/h1-3,6,8H,4-5,7H2,(H,16,17). The Labute approximate surface area is 107 Å². The summed E-state index contributed by atoms with van der Waals surface area (Å²) >= 11 is 1.69. The summed E-state index contributed by atoms with van der Waals surface area (Å²) in [7, 11) is 0. The van der Waals surface area contributed by atoms with Crippen LogP contribution in [0, 0.1) is 5.92 Å². The maximum Gasteiger partial charge on any atom is 0.416 e. The monoisotopic (exact) mass is 275 g/mol. The molecule has 1 aliphatic heterocycles. The molecule has 1 aliphatic rings. The lowest BCUT2D eigenvalue weighted by molar-refractivity contribution is -0.137. The maximum absolute atomic E-state index is 12.5. The lowest BCUT2D eigenvalue weighted by atomic mass is 10.1. The molecule has 1 unspecified atom stereocenters. The first-order chi connectivity index (χ1) is 8.47. The third kappa shape index (κ3) is 3.19. The minimum Gasteiger partial charge on any atom is -0.326 e. The zero-order valence-electron chi connectivity index (χ0n) is 9.46. The first kappa shape index (κ1) is 13.3. The lowest BCUT2D eigenvalue weighted by Crippen LogP contribution is -2.22. The second kappa shape index (κ2) is 5.22. The number of rotatable bonds is 2. The molecule has 1 fully saturated rings. The number of halogens is 3. The number of thioether (sulfide) groups is 1. The molecule has 1 N–H and O–H groups in total. The lowest BCUT2D eigenvalue weighted by Gasteiger charge is -2.12. The van der Waals surface area contributed by atoms with Crippen LogP contribution in [0.25, 0.3) is 0 Å². The first-order valence-electron chi connectivity index (χ1n) is 5.52. The van der Waals surface area contributed by atoms with Crippen LogP contribution >= 0.6 is 11.8 Å². The van der Waals surface area contributed by atoms with E-state index in [-0.39, 0.29) is 17.5 Å². The SMILES string of the molecule is O=C(Nc1cccc(C(F)(F)F)c1)C1CCSC1. The second-order valence-electron chi connectivity index (χ2n) is 4.13. The maximum atomic E-state index is 12.5. The van der Waals surface area contributed by atoms with E-state index in [1.54, 1.807) is 11.8 Å². The number of carbonyl (C=O) groups is 1. The smallest absolute Gasteiger partial charge is 0.326 e. The van der Waals surface area contributed by atoms with Crippen molar-refractivity contribution in [3.05, 3.63) is 29.8 Å². The molecule has 1 aromatic carbocycles. The Bertz CT molecular complexity index is 441. The highest BCUT2D eigenvalue weighted by atomic mass is 32.2. The molecular weight excluding hydrogens is 263 g/mol. The minimum atomic E-state index is -4.38. The summed E-state index contributed by atoms with van der Waals surface area (Å²) < 4.78 is 37.5. The van der Waals surface area contributed by atoms with Gasteiger partial charge in [-0.1, -0.05) is 6.07 Å². The van der Waals surface area contributed by atoms with Gasteiger partial charge in [-0.05, 0) is 30.4 Å². The summed E-state index contributed by atoms with van der Waals surface area (Å²) in [6.07, 6.45) is -3.60. The average molecular weight is 275 g/mol. The van der Waals surface area contributed by atoms with Gasteiger partial charge in [-0.2, -0.15) is 24.9 Å². The van der Waals surface area contributed by atoms with E-state index in [0.717, 1.165) is 30.1 Å². The topological polar surface area (TPSA) is 29.1 Å². The fourth-order valence-corrected chi connectivity index (χ4v) is 2.98. The Hall–Kier alpha value is -1.17. The van der Waals surface area contributed by atoms with Crippen LogP contribution < -0.4 is 5.32 Å². The third-order valence-corrected chi connectivity index (χ3v) is 3.92. The molecule has 0 aromatic heterocycles. The number of anilines is 1. The third-order valence-electron chi connectivity index (χ3n) is 2.76. The summed E-state index contributed by atoms with van der Waals surface area (Å²) in [5.41, 5.74) is -0.548. The zero-order valence-corrected chi connectivity index (χ0v) is 10.3. The molecule has 2 nitrogen and oxygen atoms in total. The van der Waals surface area contributed by atoms with Gasteiger partial charge in [0.15, 0.2) is 0 Å². The van der Waals surface area contributed by atoms with Crippen LogP contribution in [0.4, 0.5) is 18.9 Å². The second-order valence-corrected chi connectivity index (χ2v) is 5.28. The van der Waals surface area contributed by atoms with Crippen molar-refractivity contribution in [2.24, 2.45) is 5.92 Å². The first-order valence-corrected chi connectivity index (χ1v) is 6.68. The van der Waals surface area contributed by atoms with E-state index in [0.29, 0.717) is 0 Å². The molecule has 6 heteroatoms. The van der Waals surface area contributed by atoms with E-state index in [2.05, 4.69) is 5.32 Å². The molecule has 2 rings (SSSR count). The number of carbonyl (C=O) groups excluding carboxylic acids is 1. The van der Waals surface area contributed by atoms with Crippen molar-refractivity contribution in [2.45, 2.75) is 12.6 Å². The van der Waals surface area contributed by atoms with Crippen LogP contribution in [0.2, 0.25) is 0 Å². The van der Waals surface area contributed by atoms with E-state index >= 15 is 0 Å². The van der Waals surface area contributed by atoms with Crippen LogP contribution in [0.1, 0.15) is 12.0 Å².